The quantitative estimate of drug-likeness (QED) is 0.406. The van der Waals surface area contributed by atoms with Gasteiger partial charge in [-0.25, -0.2) is 4.39 Å². The van der Waals surface area contributed by atoms with Crippen molar-refractivity contribution in [3.8, 4) is 5.75 Å². The first kappa shape index (κ1) is 21.4. The Morgan fingerprint density at radius 1 is 1.06 bits per heavy atom. The molecule has 3 aromatic carbocycles. The summed E-state index contributed by atoms with van der Waals surface area (Å²) in [5.74, 6) is 1.22. The van der Waals surface area contributed by atoms with Crippen LogP contribution in [0.15, 0.2) is 72.8 Å². The molecule has 1 N–H and O–H groups in total. The number of H-pyrrole nitrogens is 1. The Morgan fingerprint density at radius 3 is 2.76 bits per heavy atom. The highest BCUT2D eigenvalue weighted by Gasteiger charge is 2.48. The molecule has 2 aliphatic rings. The fourth-order valence-electron chi connectivity index (χ4n) is 6.44. The molecule has 174 valence electrons. The Hall–Kier alpha value is -3.11. The van der Waals surface area contributed by atoms with E-state index >= 15 is 0 Å². The highest BCUT2D eigenvalue weighted by atomic mass is 19.1. The van der Waals surface area contributed by atoms with Crippen LogP contribution >= 0.6 is 0 Å². The fraction of sp³-hybridized carbons (Fsp3) is 0.333. The van der Waals surface area contributed by atoms with Gasteiger partial charge in [-0.05, 0) is 79.1 Å². The van der Waals surface area contributed by atoms with Crippen molar-refractivity contribution in [2.45, 2.75) is 31.1 Å². The minimum absolute atomic E-state index is 0.0299. The van der Waals surface area contributed by atoms with E-state index in [9.17, 15) is 4.39 Å². The average Bonchev–Trinajstić information content (AvgIpc) is 3.24. The summed E-state index contributed by atoms with van der Waals surface area (Å²) in [6, 6.07) is 24.8. The van der Waals surface area contributed by atoms with Gasteiger partial charge in [0.1, 0.15) is 11.6 Å². The number of benzene rings is 3. The van der Waals surface area contributed by atoms with Crippen LogP contribution in [0.5, 0.6) is 5.75 Å². The number of nitrogens with zero attached hydrogens (tertiary/aromatic N) is 1. The van der Waals surface area contributed by atoms with Crippen molar-refractivity contribution >= 4 is 10.9 Å². The maximum Gasteiger partial charge on any atom is 0.132 e. The molecule has 1 fully saturated rings. The number of rotatable bonds is 5. The maximum atomic E-state index is 14.9. The van der Waals surface area contributed by atoms with E-state index in [0.29, 0.717) is 5.92 Å². The lowest BCUT2D eigenvalue weighted by atomic mass is 9.58. The van der Waals surface area contributed by atoms with Crippen molar-refractivity contribution in [3.63, 3.8) is 0 Å². The molecule has 1 aliphatic heterocycles. The predicted molar refractivity (Wildman–Crippen MR) is 135 cm³/mol. The zero-order valence-corrected chi connectivity index (χ0v) is 19.7. The molecule has 2 unspecified atom stereocenters. The zero-order chi connectivity index (χ0) is 23.1. The van der Waals surface area contributed by atoms with Gasteiger partial charge in [0.05, 0.1) is 7.11 Å². The highest BCUT2D eigenvalue weighted by molar-refractivity contribution is 5.85. The summed E-state index contributed by atoms with van der Waals surface area (Å²) in [5.41, 5.74) is 6.08. The zero-order valence-electron chi connectivity index (χ0n) is 19.7. The van der Waals surface area contributed by atoms with Gasteiger partial charge in [0.15, 0.2) is 0 Å². The van der Waals surface area contributed by atoms with Gasteiger partial charge in [-0.2, -0.15) is 0 Å². The monoisotopic (exact) mass is 454 g/mol. The second-order valence-electron chi connectivity index (χ2n) is 10.00. The van der Waals surface area contributed by atoms with E-state index in [1.54, 1.807) is 19.2 Å². The molecule has 1 aromatic heterocycles. The molecule has 2 heterocycles. The van der Waals surface area contributed by atoms with Gasteiger partial charge in [0.25, 0.3) is 0 Å². The Labute approximate surface area is 200 Å². The Bertz CT molecular complexity index is 1310. The number of nitrogens with one attached hydrogen (secondary N) is 1. The van der Waals surface area contributed by atoms with Crippen LogP contribution in [0.2, 0.25) is 0 Å². The van der Waals surface area contributed by atoms with Gasteiger partial charge in [-0.3, -0.25) is 0 Å². The van der Waals surface area contributed by atoms with Gasteiger partial charge in [-0.1, -0.05) is 48.5 Å². The predicted octanol–water partition coefficient (Wildman–Crippen LogP) is 5.92. The van der Waals surface area contributed by atoms with Crippen molar-refractivity contribution in [2.75, 3.05) is 26.7 Å². The third-order valence-electron chi connectivity index (χ3n) is 8.25. The minimum Gasteiger partial charge on any atom is -0.497 e. The maximum absolute atomic E-state index is 14.9. The van der Waals surface area contributed by atoms with Crippen LogP contribution in [-0.2, 0) is 24.7 Å². The van der Waals surface area contributed by atoms with E-state index in [2.05, 4.69) is 58.4 Å². The van der Waals surface area contributed by atoms with Crippen LogP contribution in [0.4, 0.5) is 4.39 Å². The summed E-state index contributed by atoms with van der Waals surface area (Å²) < 4.78 is 20.5. The average molecular weight is 455 g/mol. The summed E-state index contributed by atoms with van der Waals surface area (Å²) in [7, 11) is 1.74. The molecule has 4 aromatic rings. The van der Waals surface area contributed by atoms with Crippen LogP contribution in [0, 0.1) is 11.7 Å². The first-order valence-corrected chi connectivity index (χ1v) is 12.3. The molecule has 0 spiro atoms. The van der Waals surface area contributed by atoms with Crippen LogP contribution in [-0.4, -0.2) is 36.6 Å². The Kier molecular flexibility index (Phi) is 5.41. The van der Waals surface area contributed by atoms with Gasteiger partial charge in [0, 0.05) is 35.1 Å². The van der Waals surface area contributed by atoms with E-state index in [1.807, 2.05) is 12.1 Å². The largest absolute Gasteiger partial charge is 0.497 e. The van der Waals surface area contributed by atoms with Gasteiger partial charge in [0.2, 0.25) is 0 Å². The molecule has 2 atom stereocenters. The first-order valence-electron chi connectivity index (χ1n) is 12.3. The van der Waals surface area contributed by atoms with Crippen molar-refractivity contribution in [1.29, 1.82) is 0 Å². The first-order chi connectivity index (χ1) is 16.7. The van der Waals surface area contributed by atoms with Crippen LogP contribution < -0.4 is 4.74 Å². The van der Waals surface area contributed by atoms with E-state index in [0.717, 1.165) is 62.0 Å². The smallest absolute Gasteiger partial charge is 0.132 e. The molecule has 3 nitrogen and oxygen atoms in total. The van der Waals surface area contributed by atoms with Crippen molar-refractivity contribution in [1.82, 2.24) is 9.88 Å². The summed E-state index contributed by atoms with van der Waals surface area (Å²) >= 11 is 0. The fourth-order valence-corrected chi connectivity index (χ4v) is 6.44. The van der Waals surface area contributed by atoms with Gasteiger partial charge < -0.3 is 14.6 Å². The summed E-state index contributed by atoms with van der Waals surface area (Å²) in [5, 5.41) is 0.790. The molecule has 0 amide bonds. The third kappa shape index (κ3) is 3.61. The third-order valence-corrected chi connectivity index (χ3v) is 8.25. The number of aromatic nitrogens is 1. The molecule has 0 saturated carbocycles. The van der Waals surface area contributed by atoms with Crippen molar-refractivity contribution < 1.29 is 9.13 Å². The summed E-state index contributed by atoms with van der Waals surface area (Å²) in [6.45, 7) is 3.17. The Morgan fingerprint density at radius 2 is 1.91 bits per heavy atom. The van der Waals surface area contributed by atoms with E-state index in [1.165, 1.54) is 22.4 Å². The van der Waals surface area contributed by atoms with Gasteiger partial charge in [-0.15, -0.1) is 0 Å². The standard InChI is InChI=1S/C30H31FN2O/c1-34-24-10-5-9-22(17-24)30-14-16-33(15-13-21-7-3-2-4-8-21)20-23(30)18-25-28(19-30)32-27-12-6-11-26(31)29(25)27/h2-12,17,23,32H,13-16,18-20H2,1H3. The molecule has 0 radical (unpaired) electrons. The van der Waals surface area contributed by atoms with Crippen LogP contribution in [0.3, 0.4) is 0 Å². The second-order valence-corrected chi connectivity index (χ2v) is 10.00. The molecular weight excluding hydrogens is 423 g/mol. The van der Waals surface area contributed by atoms with Crippen molar-refractivity contribution in [3.05, 3.63) is 101 Å². The molecule has 34 heavy (non-hydrogen) atoms. The summed E-state index contributed by atoms with van der Waals surface area (Å²) in [6.07, 6.45) is 3.97. The van der Waals surface area contributed by atoms with Crippen LogP contribution in [0.25, 0.3) is 10.9 Å². The molecule has 0 bridgehead atoms. The molecule has 4 heteroatoms. The number of methoxy groups -OCH3 is 1. The van der Waals surface area contributed by atoms with E-state index in [4.69, 9.17) is 4.74 Å². The van der Waals surface area contributed by atoms with Crippen molar-refractivity contribution in [2.24, 2.45) is 5.92 Å². The number of halogens is 1. The lowest BCUT2D eigenvalue weighted by Gasteiger charge is -2.51. The number of hydrogen-bond acceptors (Lipinski definition) is 2. The van der Waals surface area contributed by atoms with E-state index in [-0.39, 0.29) is 11.2 Å². The number of aromatic amines is 1. The number of fused-ring (bicyclic) bond motifs is 4. The number of likely N-dealkylation sites (tertiary alicyclic amines) is 1. The highest BCUT2D eigenvalue weighted by Crippen LogP contribution is 2.49. The second kappa shape index (κ2) is 8.59. The lowest BCUT2D eigenvalue weighted by Crippen LogP contribution is -2.54. The van der Waals surface area contributed by atoms with E-state index < -0.39 is 0 Å². The number of piperidine rings is 1. The molecular formula is C30H31FN2O. The van der Waals surface area contributed by atoms with Crippen LogP contribution in [0.1, 0.15) is 28.8 Å². The molecule has 1 aliphatic carbocycles. The SMILES string of the molecule is COc1cccc(C23CCN(CCc4ccccc4)CC2Cc2c([nH]c4cccc(F)c24)C3)c1. The molecule has 1 saturated heterocycles. The molecule has 6 rings (SSSR count). The normalized spacial score (nSPS) is 22.4. The Balaban J connectivity index is 1.37. The number of hydrogen-bond donors (Lipinski definition) is 1. The van der Waals surface area contributed by atoms with Gasteiger partial charge >= 0.3 is 0 Å². The topological polar surface area (TPSA) is 28.3 Å². The number of ether oxygens (including phenoxy) is 1. The summed E-state index contributed by atoms with van der Waals surface area (Å²) in [4.78, 5) is 6.20. The minimum atomic E-state index is -0.111. The lowest BCUT2D eigenvalue weighted by molar-refractivity contribution is 0.0822.